The normalized spacial score (nSPS) is 12.2. The highest BCUT2D eigenvalue weighted by Gasteiger charge is 2.08. The molecule has 0 saturated carbocycles. The molecule has 0 radical (unpaired) electrons. The van der Waals surface area contributed by atoms with E-state index in [4.69, 9.17) is 5.11 Å². The second-order valence-electron chi connectivity index (χ2n) is 5.08. The molecular formula is C17H21NO2S. The molecule has 2 rings (SSSR count). The van der Waals surface area contributed by atoms with Gasteiger partial charge in [0.25, 0.3) is 0 Å². The second-order valence-corrected chi connectivity index (χ2v) is 6.17. The summed E-state index contributed by atoms with van der Waals surface area (Å²) in [6.45, 7) is 4.30. The fraction of sp³-hybridized carbons (Fsp3) is 0.294. The van der Waals surface area contributed by atoms with Gasteiger partial charge in [-0.25, -0.2) is 0 Å². The molecule has 0 aliphatic carbocycles. The molecule has 21 heavy (non-hydrogen) atoms. The second kappa shape index (κ2) is 7.50. The Kier molecular flexibility index (Phi) is 5.67. The van der Waals surface area contributed by atoms with Crippen molar-refractivity contribution in [2.24, 2.45) is 0 Å². The first kappa shape index (κ1) is 15.9. The zero-order valence-electron chi connectivity index (χ0n) is 12.3. The van der Waals surface area contributed by atoms with Gasteiger partial charge in [0.15, 0.2) is 0 Å². The van der Waals surface area contributed by atoms with Gasteiger partial charge in [-0.3, -0.25) is 0 Å². The molecule has 3 nitrogen and oxygen atoms in total. The van der Waals surface area contributed by atoms with E-state index in [0.717, 1.165) is 10.6 Å². The van der Waals surface area contributed by atoms with Crippen molar-refractivity contribution in [2.45, 2.75) is 29.7 Å². The summed E-state index contributed by atoms with van der Waals surface area (Å²) in [6.07, 6.45) is -0.746. The molecule has 1 atom stereocenters. The Bertz CT molecular complexity index is 601. The monoisotopic (exact) mass is 303 g/mol. The summed E-state index contributed by atoms with van der Waals surface area (Å²) >= 11 is 1.70. The molecule has 0 saturated heterocycles. The van der Waals surface area contributed by atoms with Crippen LogP contribution in [0.4, 0.5) is 5.69 Å². The Morgan fingerprint density at radius 1 is 1.10 bits per heavy atom. The predicted molar refractivity (Wildman–Crippen MR) is 88.1 cm³/mol. The van der Waals surface area contributed by atoms with Crippen LogP contribution >= 0.6 is 11.8 Å². The number of hydrogen-bond acceptors (Lipinski definition) is 4. The number of para-hydroxylation sites is 1. The summed E-state index contributed by atoms with van der Waals surface area (Å²) in [5.74, 6) is 0. The minimum absolute atomic E-state index is 0.237. The van der Waals surface area contributed by atoms with E-state index in [2.05, 4.69) is 43.4 Å². The molecule has 0 heterocycles. The zero-order valence-corrected chi connectivity index (χ0v) is 13.2. The van der Waals surface area contributed by atoms with Crippen molar-refractivity contribution in [3.8, 4) is 0 Å². The first-order valence-corrected chi connectivity index (χ1v) is 7.78. The average molecular weight is 303 g/mol. The van der Waals surface area contributed by atoms with E-state index in [1.54, 1.807) is 11.8 Å². The van der Waals surface area contributed by atoms with Gasteiger partial charge in [0.1, 0.15) is 0 Å². The minimum atomic E-state index is -0.746. The van der Waals surface area contributed by atoms with Crippen molar-refractivity contribution in [1.29, 1.82) is 0 Å². The number of benzene rings is 2. The highest BCUT2D eigenvalue weighted by Crippen LogP contribution is 2.35. The molecule has 0 fully saturated rings. The number of aliphatic hydroxyl groups is 2. The number of rotatable bonds is 6. The van der Waals surface area contributed by atoms with E-state index in [9.17, 15) is 5.11 Å². The lowest BCUT2D eigenvalue weighted by Crippen LogP contribution is -2.23. The molecule has 2 aromatic rings. The molecule has 4 heteroatoms. The average Bonchev–Trinajstić information content (AvgIpc) is 2.48. The fourth-order valence-electron chi connectivity index (χ4n) is 2.03. The quantitative estimate of drug-likeness (QED) is 0.767. The molecule has 1 unspecified atom stereocenters. The van der Waals surface area contributed by atoms with Crippen LogP contribution in [0.2, 0.25) is 0 Å². The van der Waals surface area contributed by atoms with E-state index in [0.29, 0.717) is 6.54 Å². The topological polar surface area (TPSA) is 52.5 Å². The van der Waals surface area contributed by atoms with E-state index in [-0.39, 0.29) is 6.61 Å². The van der Waals surface area contributed by atoms with Gasteiger partial charge in [-0.1, -0.05) is 41.6 Å². The van der Waals surface area contributed by atoms with Crippen molar-refractivity contribution >= 4 is 17.4 Å². The number of hydrogen-bond donors (Lipinski definition) is 3. The van der Waals surface area contributed by atoms with Gasteiger partial charge in [0.05, 0.1) is 12.7 Å². The molecule has 112 valence electrons. The maximum atomic E-state index is 9.46. The number of aryl methyl sites for hydroxylation is 2. The highest BCUT2D eigenvalue weighted by molar-refractivity contribution is 7.99. The van der Waals surface area contributed by atoms with Gasteiger partial charge >= 0.3 is 0 Å². The van der Waals surface area contributed by atoms with Gasteiger partial charge in [-0.05, 0) is 37.6 Å². The van der Waals surface area contributed by atoms with Crippen LogP contribution in [0, 0.1) is 13.8 Å². The third-order valence-corrected chi connectivity index (χ3v) is 4.43. The van der Waals surface area contributed by atoms with Crippen molar-refractivity contribution in [2.75, 3.05) is 18.5 Å². The molecular weight excluding hydrogens is 282 g/mol. The van der Waals surface area contributed by atoms with Gasteiger partial charge in [0, 0.05) is 22.0 Å². The van der Waals surface area contributed by atoms with E-state index < -0.39 is 6.10 Å². The van der Waals surface area contributed by atoms with E-state index in [1.165, 1.54) is 16.0 Å². The van der Waals surface area contributed by atoms with Gasteiger partial charge in [-0.2, -0.15) is 0 Å². The molecule has 2 aromatic carbocycles. The molecule has 0 bridgehead atoms. The molecule has 0 aliphatic heterocycles. The molecule has 0 amide bonds. The number of anilines is 1. The summed E-state index contributed by atoms with van der Waals surface area (Å²) in [6, 6.07) is 14.4. The summed E-state index contributed by atoms with van der Waals surface area (Å²) in [4.78, 5) is 2.33. The van der Waals surface area contributed by atoms with Crippen LogP contribution < -0.4 is 5.32 Å². The SMILES string of the molecule is Cc1ccc(Sc2ccccc2NCC(O)CO)c(C)c1. The largest absolute Gasteiger partial charge is 0.394 e. The van der Waals surface area contributed by atoms with Crippen molar-refractivity contribution in [3.63, 3.8) is 0 Å². The van der Waals surface area contributed by atoms with Crippen LogP contribution in [0.5, 0.6) is 0 Å². The van der Waals surface area contributed by atoms with Crippen LogP contribution in [0.3, 0.4) is 0 Å². The van der Waals surface area contributed by atoms with Gasteiger partial charge < -0.3 is 15.5 Å². The number of aliphatic hydroxyl groups excluding tert-OH is 2. The van der Waals surface area contributed by atoms with Crippen LogP contribution in [0.25, 0.3) is 0 Å². The Balaban J connectivity index is 2.16. The first-order chi connectivity index (χ1) is 10.1. The lowest BCUT2D eigenvalue weighted by atomic mass is 10.2. The minimum Gasteiger partial charge on any atom is -0.394 e. The van der Waals surface area contributed by atoms with Crippen molar-refractivity contribution in [1.82, 2.24) is 0 Å². The third-order valence-electron chi connectivity index (χ3n) is 3.18. The van der Waals surface area contributed by atoms with E-state index in [1.807, 2.05) is 18.2 Å². The Morgan fingerprint density at radius 3 is 2.57 bits per heavy atom. The number of nitrogens with one attached hydrogen (secondary N) is 1. The molecule has 0 aliphatic rings. The van der Waals surface area contributed by atoms with Crippen LogP contribution in [-0.4, -0.2) is 29.5 Å². The first-order valence-electron chi connectivity index (χ1n) is 6.97. The molecule has 3 N–H and O–H groups in total. The zero-order chi connectivity index (χ0) is 15.2. The maximum Gasteiger partial charge on any atom is 0.0942 e. The van der Waals surface area contributed by atoms with Crippen LogP contribution in [0.15, 0.2) is 52.3 Å². The lowest BCUT2D eigenvalue weighted by Gasteiger charge is -2.14. The van der Waals surface area contributed by atoms with Gasteiger partial charge in [0.2, 0.25) is 0 Å². The maximum absolute atomic E-state index is 9.46. The fourth-order valence-corrected chi connectivity index (χ4v) is 3.02. The Morgan fingerprint density at radius 2 is 1.86 bits per heavy atom. The third kappa shape index (κ3) is 4.49. The Hall–Kier alpha value is -1.49. The Labute approximate surface area is 130 Å². The lowest BCUT2D eigenvalue weighted by molar-refractivity contribution is 0.105. The summed E-state index contributed by atoms with van der Waals surface area (Å²) in [7, 11) is 0. The predicted octanol–water partition coefficient (Wildman–Crippen LogP) is 3.22. The van der Waals surface area contributed by atoms with Crippen molar-refractivity contribution in [3.05, 3.63) is 53.6 Å². The van der Waals surface area contributed by atoms with E-state index >= 15 is 0 Å². The summed E-state index contributed by atoms with van der Waals surface area (Å²) in [5, 5.41) is 21.5. The summed E-state index contributed by atoms with van der Waals surface area (Å²) < 4.78 is 0. The van der Waals surface area contributed by atoms with Crippen LogP contribution in [-0.2, 0) is 0 Å². The molecule has 0 spiro atoms. The van der Waals surface area contributed by atoms with Crippen LogP contribution in [0.1, 0.15) is 11.1 Å². The standard InChI is InChI=1S/C17H21NO2S/c1-12-7-8-16(13(2)9-12)21-17-6-4-3-5-15(17)18-10-14(20)11-19/h3-9,14,18-20H,10-11H2,1-2H3. The smallest absolute Gasteiger partial charge is 0.0942 e. The highest BCUT2D eigenvalue weighted by atomic mass is 32.2. The van der Waals surface area contributed by atoms with Gasteiger partial charge in [-0.15, -0.1) is 0 Å². The summed E-state index contributed by atoms with van der Waals surface area (Å²) in [5.41, 5.74) is 3.48. The molecule has 0 aromatic heterocycles. The van der Waals surface area contributed by atoms with Crippen molar-refractivity contribution < 1.29 is 10.2 Å².